The summed E-state index contributed by atoms with van der Waals surface area (Å²) in [5, 5.41) is 2.74. The minimum atomic E-state index is -1.19. The fourth-order valence-electron chi connectivity index (χ4n) is 2.28. The third-order valence-corrected chi connectivity index (χ3v) is 3.30. The standard InChI is InChI=1S/C17H23NO5/c1-12(19)18-17(4,11-10-15-8-6-5-7-9-15)16(22-13(2)20)23-14(3)21/h5-9,16H,10-11H2,1-4H3,(H,18,19). The van der Waals surface area contributed by atoms with Crippen molar-refractivity contribution in [1.82, 2.24) is 5.32 Å². The van der Waals surface area contributed by atoms with E-state index in [1.165, 1.54) is 20.8 Å². The molecule has 23 heavy (non-hydrogen) atoms. The predicted octanol–water partition coefficient (Wildman–Crippen LogP) is 1.97. The maximum Gasteiger partial charge on any atom is 0.305 e. The lowest BCUT2D eigenvalue weighted by atomic mass is 9.92. The number of rotatable bonds is 7. The Morgan fingerprint density at radius 2 is 1.57 bits per heavy atom. The van der Waals surface area contributed by atoms with Gasteiger partial charge < -0.3 is 14.8 Å². The number of nitrogens with one attached hydrogen (secondary N) is 1. The zero-order chi connectivity index (χ0) is 17.5. The van der Waals surface area contributed by atoms with Gasteiger partial charge in [-0.25, -0.2) is 0 Å². The van der Waals surface area contributed by atoms with Gasteiger partial charge in [0.2, 0.25) is 5.91 Å². The van der Waals surface area contributed by atoms with Gasteiger partial charge in [-0.15, -0.1) is 0 Å². The van der Waals surface area contributed by atoms with Gasteiger partial charge in [0.05, 0.1) is 0 Å². The molecule has 1 unspecified atom stereocenters. The van der Waals surface area contributed by atoms with Crippen molar-refractivity contribution in [1.29, 1.82) is 0 Å². The van der Waals surface area contributed by atoms with Gasteiger partial charge in [0, 0.05) is 20.8 Å². The van der Waals surface area contributed by atoms with E-state index in [2.05, 4.69) is 5.32 Å². The molecule has 0 heterocycles. The van der Waals surface area contributed by atoms with Crippen LogP contribution in [0.5, 0.6) is 0 Å². The van der Waals surface area contributed by atoms with Gasteiger partial charge in [0.25, 0.3) is 6.29 Å². The number of hydrogen-bond donors (Lipinski definition) is 1. The van der Waals surface area contributed by atoms with Crippen LogP contribution in [0.3, 0.4) is 0 Å². The van der Waals surface area contributed by atoms with Crippen molar-refractivity contribution in [3.63, 3.8) is 0 Å². The van der Waals surface area contributed by atoms with Crippen molar-refractivity contribution in [3.05, 3.63) is 35.9 Å². The Labute approximate surface area is 136 Å². The molecule has 1 rings (SSSR count). The normalized spacial score (nSPS) is 13.1. The maximum absolute atomic E-state index is 11.6. The first-order valence-electron chi connectivity index (χ1n) is 7.40. The second-order valence-electron chi connectivity index (χ2n) is 5.64. The number of hydrogen-bond acceptors (Lipinski definition) is 5. The molecule has 0 aliphatic carbocycles. The molecule has 0 aliphatic heterocycles. The van der Waals surface area contributed by atoms with Crippen LogP contribution in [0.25, 0.3) is 0 Å². The van der Waals surface area contributed by atoms with Gasteiger partial charge in [0.1, 0.15) is 5.54 Å². The van der Waals surface area contributed by atoms with Crippen LogP contribution in [0.2, 0.25) is 0 Å². The highest BCUT2D eigenvalue weighted by molar-refractivity contribution is 5.74. The van der Waals surface area contributed by atoms with Crippen molar-refractivity contribution in [2.45, 2.75) is 52.4 Å². The van der Waals surface area contributed by atoms with E-state index >= 15 is 0 Å². The molecule has 1 aromatic rings. The number of benzene rings is 1. The first kappa shape index (κ1) is 18.7. The van der Waals surface area contributed by atoms with Crippen LogP contribution >= 0.6 is 0 Å². The summed E-state index contributed by atoms with van der Waals surface area (Å²) in [5.41, 5.74) is 0.0346. The lowest BCUT2D eigenvalue weighted by Gasteiger charge is -2.36. The van der Waals surface area contributed by atoms with Crippen molar-refractivity contribution in [3.8, 4) is 0 Å². The van der Waals surface area contributed by atoms with Gasteiger partial charge in [0.15, 0.2) is 0 Å². The van der Waals surface area contributed by atoms with E-state index in [0.717, 1.165) is 5.56 Å². The fourth-order valence-corrected chi connectivity index (χ4v) is 2.28. The maximum atomic E-state index is 11.6. The highest BCUT2D eigenvalue weighted by Crippen LogP contribution is 2.23. The predicted molar refractivity (Wildman–Crippen MR) is 84.3 cm³/mol. The Balaban J connectivity index is 2.97. The number of aryl methyl sites for hydroxylation is 1. The molecule has 1 N–H and O–H groups in total. The molecule has 6 heteroatoms. The lowest BCUT2D eigenvalue weighted by Crippen LogP contribution is -2.57. The second kappa shape index (κ2) is 8.31. The lowest BCUT2D eigenvalue weighted by molar-refractivity contribution is -0.201. The van der Waals surface area contributed by atoms with Crippen LogP contribution in [0.15, 0.2) is 30.3 Å². The Morgan fingerprint density at radius 3 is 2.00 bits per heavy atom. The SMILES string of the molecule is CC(=O)NC(C)(CCc1ccccc1)C(OC(C)=O)OC(C)=O. The summed E-state index contributed by atoms with van der Waals surface area (Å²) >= 11 is 0. The highest BCUT2D eigenvalue weighted by atomic mass is 16.7. The minimum Gasteiger partial charge on any atom is -0.423 e. The first-order valence-corrected chi connectivity index (χ1v) is 7.40. The topological polar surface area (TPSA) is 81.7 Å². The summed E-state index contributed by atoms with van der Waals surface area (Å²) in [5.74, 6) is -1.48. The van der Waals surface area contributed by atoms with Crippen LogP contribution in [0, 0.1) is 0 Å². The molecular formula is C17H23NO5. The molecule has 0 aliphatic rings. The van der Waals surface area contributed by atoms with E-state index in [1.54, 1.807) is 6.92 Å². The monoisotopic (exact) mass is 321 g/mol. The van der Waals surface area contributed by atoms with Gasteiger partial charge in [-0.1, -0.05) is 30.3 Å². The van der Waals surface area contributed by atoms with Crippen LogP contribution in [-0.2, 0) is 30.3 Å². The van der Waals surface area contributed by atoms with Crippen molar-refractivity contribution in [2.24, 2.45) is 0 Å². The van der Waals surface area contributed by atoms with Crippen molar-refractivity contribution < 1.29 is 23.9 Å². The molecule has 1 atom stereocenters. The quantitative estimate of drug-likeness (QED) is 0.613. The Morgan fingerprint density at radius 1 is 1.04 bits per heavy atom. The van der Waals surface area contributed by atoms with E-state index in [0.29, 0.717) is 12.8 Å². The van der Waals surface area contributed by atoms with E-state index in [1.807, 2.05) is 30.3 Å². The molecule has 1 aromatic carbocycles. The van der Waals surface area contributed by atoms with Gasteiger partial charge in [-0.2, -0.15) is 0 Å². The Bertz CT molecular complexity index is 541. The van der Waals surface area contributed by atoms with E-state index < -0.39 is 23.8 Å². The van der Waals surface area contributed by atoms with Crippen LogP contribution < -0.4 is 5.32 Å². The van der Waals surface area contributed by atoms with E-state index in [4.69, 9.17) is 9.47 Å². The van der Waals surface area contributed by atoms with Crippen LogP contribution in [0.4, 0.5) is 0 Å². The molecule has 0 fully saturated rings. The summed E-state index contributed by atoms with van der Waals surface area (Å²) in [6.45, 7) is 5.50. The average molecular weight is 321 g/mol. The summed E-state index contributed by atoms with van der Waals surface area (Å²) in [4.78, 5) is 34.2. The first-order chi connectivity index (χ1) is 10.7. The van der Waals surface area contributed by atoms with Gasteiger partial charge in [-0.3, -0.25) is 14.4 Å². The molecule has 1 amide bonds. The number of amides is 1. The van der Waals surface area contributed by atoms with Crippen LogP contribution in [0.1, 0.15) is 39.7 Å². The zero-order valence-electron chi connectivity index (χ0n) is 13.9. The Hall–Kier alpha value is -2.37. The average Bonchev–Trinajstić information content (AvgIpc) is 2.44. The highest BCUT2D eigenvalue weighted by Gasteiger charge is 2.40. The molecule has 0 saturated heterocycles. The van der Waals surface area contributed by atoms with Crippen LogP contribution in [-0.4, -0.2) is 29.7 Å². The molecule has 0 saturated carbocycles. The zero-order valence-corrected chi connectivity index (χ0v) is 13.9. The number of ether oxygens (including phenoxy) is 2. The molecule has 6 nitrogen and oxygen atoms in total. The van der Waals surface area contributed by atoms with Crippen molar-refractivity contribution in [2.75, 3.05) is 0 Å². The molecule has 0 spiro atoms. The summed E-state index contributed by atoms with van der Waals surface area (Å²) < 4.78 is 10.2. The number of carbonyl (C=O) groups excluding carboxylic acids is 3. The largest absolute Gasteiger partial charge is 0.423 e. The number of carbonyl (C=O) groups is 3. The number of esters is 2. The molecule has 0 aromatic heterocycles. The third kappa shape index (κ3) is 6.50. The second-order valence-corrected chi connectivity index (χ2v) is 5.64. The fraction of sp³-hybridized carbons (Fsp3) is 0.471. The van der Waals surface area contributed by atoms with Crippen molar-refractivity contribution >= 4 is 17.8 Å². The summed E-state index contributed by atoms with van der Waals surface area (Å²) in [7, 11) is 0. The van der Waals surface area contributed by atoms with E-state index in [9.17, 15) is 14.4 Å². The molecule has 0 bridgehead atoms. The van der Waals surface area contributed by atoms with E-state index in [-0.39, 0.29) is 5.91 Å². The molecule has 126 valence electrons. The van der Waals surface area contributed by atoms with Gasteiger partial charge in [-0.05, 0) is 25.3 Å². The third-order valence-electron chi connectivity index (χ3n) is 3.30. The molecular weight excluding hydrogens is 298 g/mol. The molecule has 0 radical (unpaired) electrons. The summed E-state index contributed by atoms with van der Waals surface area (Å²) in [6, 6.07) is 9.67. The van der Waals surface area contributed by atoms with Gasteiger partial charge >= 0.3 is 11.9 Å². The smallest absolute Gasteiger partial charge is 0.305 e. The Kier molecular flexibility index (Phi) is 6.75. The minimum absolute atomic E-state index is 0.301. The summed E-state index contributed by atoms with van der Waals surface area (Å²) in [6.07, 6.45) is -0.136.